The van der Waals surface area contributed by atoms with Crippen LogP contribution in [-0.4, -0.2) is 18.5 Å². The molecule has 23 heavy (non-hydrogen) atoms. The lowest BCUT2D eigenvalue weighted by Crippen LogP contribution is -2.36. The second-order valence-corrected chi connectivity index (χ2v) is 6.55. The smallest absolute Gasteiger partial charge is 0.263 e. The zero-order valence-corrected chi connectivity index (χ0v) is 14.7. The number of nitrogens with zero attached hydrogens (tertiary/aromatic N) is 1. The molecule has 0 aromatic rings. The third kappa shape index (κ3) is 9.28. The van der Waals surface area contributed by atoms with E-state index in [0.717, 1.165) is 25.8 Å². The van der Waals surface area contributed by atoms with Gasteiger partial charge >= 0.3 is 0 Å². The Hall–Kier alpha value is -1.50. The summed E-state index contributed by atoms with van der Waals surface area (Å²) in [7, 11) is 0. The number of carbonyl (C=O) groups is 1. The Bertz CT molecular complexity index is 386. The molecule has 1 aliphatic rings. The second-order valence-electron chi connectivity index (χ2n) is 6.55. The summed E-state index contributed by atoms with van der Waals surface area (Å²) in [6.45, 7) is 2.83. The fourth-order valence-electron chi connectivity index (χ4n) is 3.04. The molecular weight excluding hydrogens is 286 g/mol. The van der Waals surface area contributed by atoms with Crippen LogP contribution in [0, 0.1) is 11.3 Å². The van der Waals surface area contributed by atoms with E-state index in [0.29, 0.717) is 0 Å². The molecule has 4 heteroatoms. The Kier molecular flexibility index (Phi) is 11.0. The molecule has 1 saturated carbocycles. The number of amides is 1. The Morgan fingerprint density at radius 3 is 2.04 bits per heavy atom. The van der Waals surface area contributed by atoms with Crippen LogP contribution in [-0.2, 0) is 4.79 Å². The van der Waals surface area contributed by atoms with Crippen LogP contribution in [0.5, 0.6) is 0 Å². The van der Waals surface area contributed by atoms with Gasteiger partial charge in [-0.25, -0.2) is 0 Å². The van der Waals surface area contributed by atoms with Crippen LogP contribution in [0.15, 0.2) is 11.8 Å². The first-order valence-electron chi connectivity index (χ1n) is 9.42. The predicted octanol–water partition coefficient (Wildman–Crippen LogP) is 4.18. The molecule has 1 fully saturated rings. The lowest BCUT2D eigenvalue weighted by molar-refractivity contribution is -0.117. The highest BCUT2D eigenvalue weighted by molar-refractivity contribution is 5.97. The molecule has 0 spiro atoms. The van der Waals surface area contributed by atoms with Gasteiger partial charge in [0.25, 0.3) is 5.91 Å². The average molecular weight is 319 g/mol. The Morgan fingerprint density at radius 2 is 1.57 bits per heavy atom. The largest absolute Gasteiger partial charge is 0.390 e. The highest BCUT2D eigenvalue weighted by Crippen LogP contribution is 2.17. The van der Waals surface area contributed by atoms with E-state index in [-0.39, 0.29) is 17.5 Å². The molecule has 0 bridgehead atoms. The lowest BCUT2D eigenvalue weighted by atomic mass is 9.98. The normalized spacial score (nSPS) is 19.0. The number of nitriles is 1. The van der Waals surface area contributed by atoms with Gasteiger partial charge in [-0.05, 0) is 19.3 Å². The molecule has 2 N–H and O–H groups in total. The van der Waals surface area contributed by atoms with Crippen molar-refractivity contribution < 1.29 is 4.79 Å². The minimum Gasteiger partial charge on any atom is -0.390 e. The van der Waals surface area contributed by atoms with Gasteiger partial charge in [-0.1, -0.05) is 64.7 Å². The van der Waals surface area contributed by atoms with Crippen LogP contribution >= 0.6 is 0 Å². The van der Waals surface area contributed by atoms with Crippen molar-refractivity contribution in [2.24, 2.45) is 0 Å². The van der Waals surface area contributed by atoms with Gasteiger partial charge in [-0.15, -0.1) is 0 Å². The van der Waals surface area contributed by atoms with E-state index in [2.05, 4.69) is 17.6 Å². The van der Waals surface area contributed by atoms with E-state index in [1.165, 1.54) is 57.8 Å². The van der Waals surface area contributed by atoms with Gasteiger partial charge in [0, 0.05) is 18.8 Å². The van der Waals surface area contributed by atoms with Crippen LogP contribution in [0.25, 0.3) is 0 Å². The molecule has 0 aromatic heterocycles. The van der Waals surface area contributed by atoms with Gasteiger partial charge in [0.05, 0.1) is 0 Å². The predicted molar refractivity (Wildman–Crippen MR) is 94.7 cm³/mol. The summed E-state index contributed by atoms with van der Waals surface area (Å²) < 4.78 is 0. The van der Waals surface area contributed by atoms with Crippen molar-refractivity contribution in [3.05, 3.63) is 11.8 Å². The quantitative estimate of drug-likeness (QED) is 0.454. The van der Waals surface area contributed by atoms with Crippen LogP contribution < -0.4 is 10.6 Å². The van der Waals surface area contributed by atoms with E-state index in [1.807, 2.05) is 6.07 Å². The fraction of sp³-hybridized carbons (Fsp3) is 0.789. The van der Waals surface area contributed by atoms with Crippen molar-refractivity contribution in [3.8, 4) is 6.07 Å². The number of nitrogens with one attached hydrogen (secondary N) is 2. The number of hydrogen-bond donors (Lipinski definition) is 2. The van der Waals surface area contributed by atoms with Crippen molar-refractivity contribution in [2.75, 3.05) is 6.54 Å². The van der Waals surface area contributed by atoms with E-state index in [9.17, 15) is 4.79 Å². The van der Waals surface area contributed by atoms with Gasteiger partial charge in [0.1, 0.15) is 11.6 Å². The summed E-state index contributed by atoms with van der Waals surface area (Å²) in [5.74, 6) is -0.229. The maximum atomic E-state index is 12.3. The summed E-state index contributed by atoms with van der Waals surface area (Å²) in [6.07, 6.45) is 16.1. The monoisotopic (exact) mass is 319 g/mol. The molecule has 130 valence electrons. The van der Waals surface area contributed by atoms with Gasteiger partial charge < -0.3 is 10.6 Å². The molecule has 1 rings (SSSR count). The first-order chi connectivity index (χ1) is 11.3. The van der Waals surface area contributed by atoms with Crippen LogP contribution in [0.3, 0.4) is 0 Å². The van der Waals surface area contributed by atoms with Gasteiger partial charge in [-0.3, -0.25) is 4.79 Å². The molecule has 0 heterocycles. The van der Waals surface area contributed by atoms with Crippen molar-refractivity contribution in [1.82, 2.24) is 10.6 Å². The maximum absolute atomic E-state index is 12.3. The van der Waals surface area contributed by atoms with Gasteiger partial charge in [0.15, 0.2) is 0 Å². The summed E-state index contributed by atoms with van der Waals surface area (Å²) in [5.41, 5.74) is 0.185. The number of hydrogen-bond acceptors (Lipinski definition) is 3. The maximum Gasteiger partial charge on any atom is 0.263 e. The average Bonchev–Trinajstić information content (AvgIpc) is 2.54. The Morgan fingerprint density at radius 1 is 1.04 bits per heavy atom. The van der Waals surface area contributed by atoms with Crippen LogP contribution in [0.4, 0.5) is 0 Å². The first kappa shape index (κ1) is 19.5. The molecule has 0 radical (unpaired) electrons. The summed E-state index contributed by atoms with van der Waals surface area (Å²) >= 11 is 0. The SMILES string of the molecule is CCCN/C=C(/C#N)C(=O)NC1CCCCCCCCCCC1. The minimum absolute atomic E-state index is 0.185. The van der Waals surface area contributed by atoms with Crippen molar-refractivity contribution in [3.63, 3.8) is 0 Å². The molecule has 0 saturated heterocycles. The second kappa shape index (κ2) is 13.0. The molecule has 0 aromatic carbocycles. The summed E-state index contributed by atoms with van der Waals surface area (Å²) in [6, 6.07) is 2.22. The molecular formula is C19H33N3O. The lowest BCUT2D eigenvalue weighted by Gasteiger charge is -2.19. The highest BCUT2D eigenvalue weighted by Gasteiger charge is 2.15. The number of carbonyl (C=O) groups excluding carboxylic acids is 1. The fourth-order valence-corrected chi connectivity index (χ4v) is 3.04. The van der Waals surface area contributed by atoms with E-state index in [4.69, 9.17) is 5.26 Å². The van der Waals surface area contributed by atoms with E-state index < -0.39 is 0 Å². The molecule has 1 amide bonds. The highest BCUT2D eigenvalue weighted by atomic mass is 16.1. The van der Waals surface area contributed by atoms with E-state index >= 15 is 0 Å². The molecule has 1 aliphatic carbocycles. The van der Waals surface area contributed by atoms with E-state index in [1.54, 1.807) is 6.20 Å². The summed E-state index contributed by atoms with van der Waals surface area (Å²) in [4.78, 5) is 12.3. The Balaban J connectivity index is 2.49. The van der Waals surface area contributed by atoms with Gasteiger partial charge in [0.2, 0.25) is 0 Å². The topological polar surface area (TPSA) is 64.9 Å². The molecule has 0 unspecified atom stereocenters. The van der Waals surface area contributed by atoms with Crippen molar-refractivity contribution in [1.29, 1.82) is 5.26 Å². The van der Waals surface area contributed by atoms with Crippen LogP contribution in [0.1, 0.15) is 84.0 Å². The van der Waals surface area contributed by atoms with Crippen LogP contribution in [0.2, 0.25) is 0 Å². The zero-order chi connectivity index (χ0) is 16.8. The molecule has 0 atom stereocenters. The molecule has 4 nitrogen and oxygen atoms in total. The third-order valence-corrected chi connectivity index (χ3v) is 4.45. The number of rotatable bonds is 5. The molecule has 0 aliphatic heterocycles. The van der Waals surface area contributed by atoms with Crippen molar-refractivity contribution in [2.45, 2.75) is 90.0 Å². The minimum atomic E-state index is -0.229. The zero-order valence-electron chi connectivity index (χ0n) is 14.7. The Labute approximate surface area is 141 Å². The van der Waals surface area contributed by atoms with Crippen molar-refractivity contribution >= 4 is 5.91 Å². The standard InChI is InChI=1S/C19H33N3O/c1-2-14-21-16-17(15-20)19(23)22-18-12-10-8-6-4-3-5-7-9-11-13-18/h16,18,21H,2-14H2,1H3,(H,22,23)/b17-16-. The first-order valence-corrected chi connectivity index (χ1v) is 9.42. The summed E-state index contributed by atoms with van der Waals surface area (Å²) in [5, 5.41) is 15.3. The van der Waals surface area contributed by atoms with Gasteiger partial charge in [-0.2, -0.15) is 5.26 Å². The third-order valence-electron chi connectivity index (χ3n) is 4.45.